The molecule has 0 saturated heterocycles. The van der Waals surface area contributed by atoms with Gasteiger partial charge in [-0.25, -0.2) is 4.68 Å². The highest BCUT2D eigenvalue weighted by molar-refractivity contribution is 6.33. The normalized spacial score (nSPS) is 19.0. The topological polar surface area (TPSA) is 38.1 Å². The van der Waals surface area contributed by atoms with Gasteiger partial charge < -0.3 is 4.90 Å². The van der Waals surface area contributed by atoms with Crippen LogP contribution in [0.5, 0.6) is 0 Å². The number of halogens is 1. The molecule has 1 aromatic heterocycles. The lowest BCUT2D eigenvalue weighted by Gasteiger charge is -2.25. The van der Waals surface area contributed by atoms with Gasteiger partial charge in [0.1, 0.15) is 5.02 Å². The number of rotatable bonds is 5. The smallest absolute Gasteiger partial charge is 0.287 e. The molecule has 0 amide bonds. The van der Waals surface area contributed by atoms with Gasteiger partial charge in [0.2, 0.25) is 0 Å². The van der Waals surface area contributed by atoms with Crippen LogP contribution in [0.4, 0.5) is 5.69 Å². The van der Waals surface area contributed by atoms with Gasteiger partial charge in [-0.2, -0.15) is 5.10 Å². The summed E-state index contributed by atoms with van der Waals surface area (Å²) in [6.07, 6.45) is 6.94. The predicted octanol–water partition coefficient (Wildman–Crippen LogP) is 2.06. The molecule has 1 heterocycles. The Kier molecular flexibility index (Phi) is 3.06. The molecule has 5 heteroatoms. The molecule has 0 N–H and O–H groups in total. The van der Waals surface area contributed by atoms with E-state index in [1.54, 1.807) is 13.2 Å². The number of anilines is 1. The van der Waals surface area contributed by atoms with Crippen molar-refractivity contribution in [2.75, 3.05) is 18.0 Å². The first-order chi connectivity index (χ1) is 8.65. The highest BCUT2D eigenvalue weighted by atomic mass is 35.5. The lowest BCUT2D eigenvalue weighted by molar-refractivity contribution is 0.661. The molecule has 18 heavy (non-hydrogen) atoms. The minimum absolute atomic E-state index is 0.203. The molecule has 0 atom stereocenters. The Morgan fingerprint density at radius 3 is 2.39 bits per heavy atom. The largest absolute Gasteiger partial charge is 0.368 e. The molecule has 0 bridgehead atoms. The SMILES string of the molecule is Cn1ncc(N(CC2CC2)CC2CC2)c(Cl)c1=O. The van der Waals surface area contributed by atoms with E-state index in [2.05, 4.69) is 10.00 Å². The third-order valence-electron chi connectivity index (χ3n) is 3.75. The van der Waals surface area contributed by atoms with E-state index in [1.165, 1.54) is 30.4 Å². The Bertz CT molecular complexity index is 491. The third kappa shape index (κ3) is 2.53. The number of aromatic nitrogens is 2. The summed E-state index contributed by atoms with van der Waals surface area (Å²) in [6.45, 7) is 2.04. The Morgan fingerprint density at radius 1 is 1.33 bits per heavy atom. The van der Waals surface area contributed by atoms with Crippen molar-refractivity contribution >= 4 is 17.3 Å². The monoisotopic (exact) mass is 267 g/mol. The molecule has 0 spiro atoms. The van der Waals surface area contributed by atoms with Crippen LogP contribution in [0.25, 0.3) is 0 Å². The highest BCUT2D eigenvalue weighted by Gasteiger charge is 2.30. The van der Waals surface area contributed by atoms with E-state index in [1.807, 2.05) is 0 Å². The molecule has 0 aliphatic heterocycles. The molecule has 2 aliphatic carbocycles. The molecule has 3 rings (SSSR count). The van der Waals surface area contributed by atoms with Gasteiger partial charge >= 0.3 is 0 Å². The molecule has 2 fully saturated rings. The number of aryl methyl sites for hydroxylation is 1. The zero-order chi connectivity index (χ0) is 12.7. The van der Waals surface area contributed by atoms with Crippen LogP contribution in [-0.4, -0.2) is 22.9 Å². The van der Waals surface area contributed by atoms with Gasteiger partial charge in [-0.1, -0.05) is 11.6 Å². The summed E-state index contributed by atoms with van der Waals surface area (Å²) >= 11 is 6.19. The lowest BCUT2D eigenvalue weighted by atomic mass is 10.2. The van der Waals surface area contributed by atoms with Crippen molar-refractivity contribution in [3.05, 3.63) is 21.6 Å². The van der Waals surface area contributed by atoms with Crippen molar-refractivity contribution in [1.29, 1.82) is 0 Å². The summed E-state index contributed by atoms with van der Waals surface area (Å²) in [7, 11) is 1.63. The number of nitrogens with zero attached hydrogens (tertiary/aromatic N) is 3. The summed E-state index contributed by atoms with van der Waals surface area (Å²) in [5.41, 5.74) is 0.615. The van der Waals surface area contributed by atoms with Crippen LogP contribution < -0.4 is 10.5 Å². The minimum Gasteiger partial charge on any atom is -0.368 e. The first-order valence-corrected chi connectivity index (χ1v) is 6.99. The summed E-state index contributed by atoms with van der Waals surface area (Å²) in [4.78, 5) is 14.1. The quantitative estimate of drug-likeness (QED) is 0.820. The molecule has 98 valence electrons. The van der Waals surface area contributed by atoms with Gasteiger partial charge in [0, 0.05) is 20.1 Å². The average molecular weight is 268 g/mol. The summed E-state index contributed by atoms with van der Waals surface area (Å²) in [6, 6.07) is 0. The second-order valence-electron chi connectivity index (χ2n) is 5.56. The van der Waals surface area contributed by atoms with E-state index < -0.39 is 0 Å². The fourth-order valence-electron chi connectivity index (χ4n) is 2.22. The van der Waals surface area contributed by atoms with Crippen LogP contribution in [0.15, 0.2) is 11.0 Å². The zero-order valence-corrected chi connectivity index (χ0v) is 11.4. The van der Waals surface area contributed by atoms with Gasteiger partial charge in [0.15, 0.2) is 0 Å². The molecular weight excluding hydrogens is 250 g/mol. The van der Waals surface area contributed by atoms with E-state index in [-0.39, 0.29) is 5.56 Å². The molecule has 1 aromatic rings. The maximum absolute atomic E-state index is 11.8. The average Bonchev–Trinajstić information content (AvgIpc) is 3.21. The standard InChI is InChI=1S/C13H18ClN3O/c1-16-13(18)12(14)11(6-15-16)17(7-9-2-3-9)8-10-4-5-10/h6,9-10H,2-5,7-8H2,1H3. The lowest BCUT2D eigenvalue weighted by Crippen LogP contribution is -2.31. The Hall–Kier alpha value is -1.03. The van der Waals surface area contributed by atoms with Gasteiger partial charge in [0.05, 0.1) is 11.9 Å². The second kappa shape index (κ2) is 4.57. The predicted molar refractivity (Wildman–Crippen MR) is 72.1 cm³/mol. The van der Waals surface area contributed by atoms with Crippen molar-refractivity contribution < 1.29 is 0 Å². The van der Waals surface area contributed by atoms with Gasteiger partial charge in [-0.15, -0.1) is 0 Å². The van der Waals surface area contributed by atoms with Gasteiger partial charge in [-0.05, 0) is 37.5 Å². The van der Waals surface area contributed by atoms with Crippen LogP contribution >= 0.6 is 11.6 Å². The number of hydrogen-bond donors (Lipinski definition) is 0. The fourth-order valence-corrected chi connectivity index (χ4v) is 2.51. The Labute approximate surface area is 112 Å². The zero-order valence-electron chi connectivity index (χ0n) is 10.6. The van der Waals surface area contributed by atoms with Gasteiger partial charge in [0.25, 0.3) is 5.56 Å². The maximum atomic E-state index is 11.8. The first-order valence-electron chi connectivity index (χ1n) is 6.62. The molecule has 2 aliphatic rings. The first kappa shape index (κ1) is 12.0. The van der Waals surface area contributed by atoms with E-state index in [4.69, 9.17) is 11.6 Å². The molecule has 0 aromatic carbocycles. The van der Waals surface area contributed by atoms with E-state index in [0.29, 0.717) is 5.02 Å². The van der Waals surface area contributed by atoms with E-state index in [0.717, 1.165) is 30.6 Å². The van der Waals surface area contributed by atoms with Crippen LogP contribution in [0.1, 0.15) is 25.7 Å². The van der Waals surface area contributed by atoms with E-state index in [9.17, 15) is 4.79 Å². The number of hydrogen-bond acceptors (Lipinski definition) is 3. The highest BCUT2D eigenvalue weighted by Crippen LogP contribution is 2.36. The van der Waals surface area contributed by atoms with E-state index >= 15 is 0 Å². The van der Waals surface area contributed by atoms with Crippen molar-refractivity contribution in [1.82, 2.24) is 9.78 Å². The Morgan fingerprint density at radius 2 is 1.89 bits per heavy atom. The summed E-state index contributed by atoms with van der Waals surface area (Å²) < 4.78 is 1.29. The summed E-state index contributed by atoms with van der Waals surface area (Å²) in [5, 5.41) is 4.41. The molecular formula is C13H18ClN3O. The third-order valence-corrected chi connectivity index (χ3v) is 4.11. The Balaban J connectivity index is 1.87. The second-order valence-corrected chi connectivity index (χ2v) is 5.94. The van der Waals surface area contributed by atoms with Gasteiger partial charge in [-0.3, -0.25) is 4.79 Å². The fraction of sp³-hybridized carbons (Fsp3) is 0.692. The molecule has 2 saturated carbocycles. The van der Waals surface area contributed by atoms with Crippen LogP contribution in [-0.2, 0) is 7.05 Å². The van der Waals surface area contributed by atoms with Crippen LogP contribution in [0, 0.1) is 11.8 Å². The van der Waals surface area contributed by atoms with Crippen molar-refractivity contribution in [2.45, 2.75) is 25.7 Å². The summed E-state index contributed by atoms with van der Waals surface area (Å²) in [5.74, 6) is 1.56. The van der Waals surface area contributed by atoms with Crippen LogP contribution in [0.3, 0.4) is 0 Å². The molecule has 0 unspecified atom stereocenters. The van der Waals surface area contributed by atoms with Crippen molar-refractivity contribution in [3.8, 4) is 0 Å². The minimum atomic E-state index is -0.203. The van der Waals surface area contributed by atoms with Crippen molar-refractivity contribution in [3.63, 3.8) is 0 Å². The van der Waals surface area contributed by atoms with Crippen LogP contribution in [0.2, 0.25) is 5.02 Å². The maximum Gasteiger partial charge on any atom is 0.287 e. The van der Waals surface area contributed by atoms with Crippen molar-refractivity contribution in [2.24, 2.45) is 18.9 Å². The molecule has 0 radical (unpaired) electrons. The molecule has 4 nitrogen and oxygen atoms in total.